The lowest BCUT2D eigenvalue weighted by Gasteiger charge is -2.15. The van der Waals surface area contributed by atoms with E-state index in [2.05, 4.69) is 29.0 Å². The van der Waals surface area contributed by atoms with E-state index in [1.54, 1.807) is 17.5 Å². The molecule has 0 amide bonds. The largest absolute Gasteiger partial charge is 0.343 e. The van der Waals surface area contributed by atoms with Crippen LogP contribution in [0.5, 0.6) is 0 Å². The number of likely N-dealkylation sites (N-methyl/N-ethyl adjacent to an activating group) is 1. The van der Waals surface area contributed by atoms with Crippen LogP contribution in [0, 0.1) is 0 Å². The average molecular weight is 262 g/mol. The molecule has 2 aromatic rings. The standard InChI is InChI=1S/C13H18N4S/c1-3-10-4-5-12(18-10)11-6-8-15-13(16-11)17(2)9-7-14/h4-6,8H,3,7,9,14H2,1-2H3. The minimum atomic E-state index is 0.600. The van der Waals surface area contributed by atoms with Gasteiger partial charge in [-0.15, -0.1) is 11.3 Å². The van der Waals surface area contributed by atoms with Gasteiger partial charge in [0.2, 0.25) is 5.95 Å². The number of anilines is 1. The lowest BCUT2D eigenvalue weighted by Crippen LogP contribution is -2.26. The normalized spacial score (nSPS) is 10.6. The zero-order chi connectivity index (χ0) is 13.0. The number of nitrogens with zero attached hydrogens (tertiary/aromatic N) is 3. The molecule has 0 bridgehead atoms. The van der Waals surface area contributed by atoms with Gasteiger partial charge in [0.25, 0.3) is 0 Å². The van der Waals surface area contributed by atoms with Crippen LogP contribution in [0.3, 0.4) is 0 Å². The van der Waals surface area contributed by atoms with E-state index in [4.69, 9.17) is 5.73 Å². The Morgan fingerprint density at radius 3 is 2.83 bits per heavy atom. The number of rotatable bonds is 5. The van der Waals surface area contributed by atoms with E-state index in [1.165, 1.54) is 9.75 Å². The van der Waals surface area contributed by atoms with Crippen LogP contribution in [0.25, 0.3) is 10.6 Å². The van der Waals surface area contributed by atoms with E-state index >= 15 is 0 Å². The van der Waals surface area contributed by atoms with Gasteiger partial charge < -0.3 is 10.6 Å². The molecule has 2 heterocycles. The molecule has 5 heteroatoms. The molecule has 0 spiro atoms. The third kappa shape index (κ3) is 2.86. The van der Waals surface area contributed by atoms with Gasteiger partial charge in [0.05, 0.1) is 10.6 Å². The van der Waals surface area contributed by atoms with E-state index in [1.807, 2.05) is 18.0 Å². The molecule has 0 atom stereocenters. The van der Waals surface area contributed by atoms with Crippen molar-refractivity contribution in [1.29, 1.82) is 0 Å². The number of hydrogen-bond donors (Lipinski definition) is 1. The van der Waals surface area contributed by atoms with Crippen LogP contribution in [-0.2, 0) is 6.42 Å². The van der Waals surface area contributed by atoms with Gasteiger partial charge in [-0.05, 0) is 24.6 Å². The van der Waals surface area contributed by atoms with Gasteiger partial charge in [-0.25, -0.2) is 9.97 Å². The first-order valence-electron chi connectivity index (χ1n) is 6.08. The van der Waals surface area contributed by atoms with E-state index < -0.39 is 0 Å². The highest BCUT2D eigenvalue weighted by Gasteiger charge is 2.07. The molecule has 0 saturated heterocycles. The van der Waals surface area contributed by atoms with E-state index in [9.17, 15) is 0 Å². The van der Waals surface area contributed by atoms with Crippen LogP contribution in [0.2, 0.25) is 0 Å². The van der Waals surface area contributed by atoms with E-state index in [0.29, 0.717) is 6.54 Å². The summed E-state index contributed by atoms with van der Waals surface area (Å²) in [4.78, 5) is 13.4. The van der Waals surface area contributed by atoms with E-state index in [-0.39, 0.29) is 0 Å². The highest BCUT2D eigenvalue weighted by molar-refractivity contribution is 7.15. The zero-order valence-corrected chi connectivity index (χ0v) is 11.6. The fourth-order valence-electron chi connectivity index (χ4n) is 1.67. The van der Waals surface area contributed by atoms with Crippen LogP contribution >= 0.6 is 11.3 Å². The van der Waals surface area contributed by atoms with Gasteiger partial charge in [0.1, 0.15) is 0 Å². The fourth-order valence-corrected chi connectivity index (χ4v) is 2.59. The van der Waals surface area contributed by atoms with Crippen LogP contribution in [-0.4, -0.2) is 30.1 Å². The second-order valence-electron chi connectivity index (χ2n) is 4.07. The van der Waals surface area contributed by atoms with Crippen molar-refractivity contribution in [1.82, 2.24) is 9.97 Å². The molecule has 0 radical (unpaired) electrons. The molecule has 2 rings (SSSR count). The lowest BCUT2D eigenvalue weighted by atomic mass is 10.3. The van der Waals surface area contributed by atoms with Gasteiger partial charge >= 0.3 is 0 Å². The summed E-state index contributed by atoms with van der Waals surface area (Å²) in [6.45, 7) is 3.52. The summed E-state index contributed by atoms with van der Waals surface area (Å²) in [7, 11) is 1.96. The molecule has 0 aliphatic rings. The molecule has 18 heavy (non-hydrogen) atoms. The van der Waals surface area contributed by atoms with Crippen LogP contribution in [0.15, 0.2) is 24.4 Å². The molecule has 0 fully saturated rings. The average Bonchev–Trinajstić information content (AvgIpc) is 2.88. The molecule has 96 valence electrons. The Labute approximate surface area is 111 Å². The molecule has 2 N–H and O–H groups in total. The predicted octanol–water partition coefficient (Wildman–Crippen LogP) is 2.16. The molecule has 4 nitrogen and oxygen atoms in total. The lowest BCUT2D eigenvalue weighted by molar-refractivity contribution is 0.847. The third-order valence-corrected chi connectivity index (χ3v) is 3.96. The minimum absolute atomic E-state index is 0.600. The molecule has 0 saturated carbocycles. The zero-order valence-electron chi connectivity index (χ0n) is 10.8. The first-order valence-corrected chi connectivity index (χ1v) is 6.89. The third-order valence-electron chi connectivity index (χ3n) is 2.71. The van der Waals surface area contributed by atoms with Gasteiger partial charge in [-0.1, -0.05) is 6.92 Å². The summed E-state index contributed by atoms with van der Waals surface area (Å²) in [6.07, 6.45) is 2.87. The number of hydrogen-bond acceptors (Lipinski definition) is 5. The Balaban J connectivity index is 2.26. The van der Waals surface area contributed by atoms with Crippen molar-refractivity contribution in [2.45, 2.75) is 13.3 Å². The van der Waals surface area contributed by atoms with E-state index in [0.717, 1.165) is 24.6 Å². The van der Waals surface area contributed by atoms with Gasteiger partial charge in [-0.3, -0.25) is 0 Å². The molecule has 0 aromatic carbocycles. The molecule has 0 aliphatic heterocycles. The molecular formula is C13H18N4S. The first kappa shape index (κ1) is 13.0. The Bertz CT molecular complexity index is 509. The smallest absolute Gasteiger partial charge is 0.225 e. The maximum atomic E-state index is 5.54. The maximum Gasteiger partial charge on any atom is 0.225 e. The fraction of sp³-hybridized carbons (Fsp3) is 0.385. The SMILES string of the molecule is CCc1ccc(-c2ccnc(N(C)CCN)n2)s1. The molecule has 0 unspecified atom stereocenters. The Kier molecular flexibility index (Phi) is 4.28. The molecule has 0 aliphatic carbocycles. The predicted molar refractivity (Wildman–Crippen MR) is 77.0 cm³/mol. The summed E-state index contributed by atoms with van der Waals surface area (Å²) >= 11 is 1.79. The highest BCUT2D eigenvalue weighted by Crippen LogP contribution is 2.27. The second-order valence-corrected chi connectivity index (χ2v) is 5.24. The van der Waals surface area contributed by atoms with Crippen molar-refractivity contribution in [3.05, 3.63) is 29.3 Å². The van der Waals surface area contributed by atoms with Crippen LogP contribution < -0.4 is 10.6 Å². The van der Waals surface area contributed by atoms with Crippen LogP contribution in [0.1, 0.15) is 11.8 Å². The Morgan fingerprint density at radius 1 is 1.33 bits per heavy atom. The summed E-state index contributed by atoms with van der Waals surface area (Å²) in [5.41, 5.74) is 6.52. The number of aryl methyl sites for hydroxylation is 1. The topological polar surface area (TPSA) is 55.0 Å². The van der Waals surface area contributed by atoms with Crippen molar-refractivity contribution in [3.8, 4) is 10.6 Å². The summed E-state index contributed by atoms with van der Waals surface area (Å²) < 4.78 is 0. The Morgan fingerprint density at radius 2 is 2.17 bits per heavy atom. The van der Waals surface area contributed by atoms with Crippen LogP contribution in [0.4, 0.5) is 5.95 Å². The first-order chi connectivity index (χ1) is 8.74. The minimum Gasteiger partial charge on any atom is -0.343 e. The maximum absolute atomic E-state index is 5.54. The Hall–Kier alpha value is -1.46. The summed E-state index contributed by atoms with van der Waals surface area (Å²) in [5, 5.41) is 0. The number of aromatic nitrogens is 2. The monoisotopic (exact) mass is 262 g/mol. The van der Waals surface area contributed by atoms with Gasteiger partial charge in [0, 0.05) is 31.2 Å². The molecular weight excluding hydrogens is 244 g/mol. The number of thiophene rings is 1. The van der Waals surface area contributed by atoms with Crippen molar-refractivity contribution in [2.24, 2.45) is 5.73 Å². The number of nitrogens with two attached hydrogens (primary N) is 1. The van der Waals surface area contributed by atoms with Crippen molar-refractivity contribution < 1.29 is 0 Å². The summed E-state index contributed by atoms with van der Waals surface area (Å²) in [5.74, 6) is 0.726. The molecule has 2 aromatic heterocycles. The quantitative estimate of drug-likeness (QED) is 0.897. The highest BCUT2D eigenvalue weighted by atomic mass is 32.1. The van der Waals surface area contributed by atoms with Crippen molar-refractivity contribution in [2.75, 3.05) is 25.0 Å². The van der Waals surface area contributed by atoms with Crippen molar-refractivity contribution >= 4 is 17.3 Å². The van der Waals surface area contributed by atoms with Crippen molar-refractivity contribution in [3.63, 3.8) is 0 Å². The van der Waals surface area contributed by atoms with Gasteiger partial charge in [0.15, 0.2) is 0 Å². The summed E-state index contributed by atoms with van der Waals surface area (Å²) in [6, 6.07) is 6.23. The second kappa shape index (κ2) is 5.93. The van der Waals surface area contributed by atoms with Gasteiger partial charge in [-0.2, -0.15) is 0 Å².